The van der Waals surface area contributed by atoms with Gasteiger partial charge in [-0.3, -0.25) is 9.89 Å². The van der Waals surface area contributed by atoms with Crippen LogP contribution < -0.4 is 0 Å². The van der Waals surface area contributed by atoms with Crippen molar-refractivity contribution >= 4 is 25.6 Å². The van der Waals surface area contributed by atoms with Gasteiger partial charge in [-0.25, -0.2) is 8.42 Å². The van der Waals surface area contributed by atoms with Gasteiger partial charge < -0.3 is 4.90 Å². The van der Waals surface area contributed by atoms with Crippen molar-refractivity contribution in [3.8, 4) is 0 Å². The van der Waals surface area contributed by atoms with Gasteiger partial charge in [-0.15, -0.1) is 0 Å². The van der Waals surface area contributed by atoms with Gasteiger partial charge in [-0.05, 0) is 38.0 Å². The smallest absolute Gasteiger partial charge is 0.276 e. The standard InChI is InChI=1S/C13H18ClN3O3S/c1-2-10-12(21(14,19)20)11(16-15-10)13(18)17(9-5-6-9)7-8-3-4-8/h8-9H,2-7H2,1H3,(H,15,16). The van der Waals surface area contributed by atoms with Crippen LogP contribution in [-0.2, 0) is 15.5 Å². The lowest BCUT2D eigenvalue weighted by molar-refractivity contribution is 0.0725. The van der Waals surface area contributed by atoms with E-state index in [2.05, 4.69) is 10.2 Å². The molecule has 0 spiro atoms. The second kappa shape index (κ2) is 5.28. The zero-order valence-corrected chi connectivity index (χ0v) is 13.4. The summed E-state index contributed by atoms with van der Waals surface area (Å²) in [5.74, 6) is 0.231. The highest BCUT2D eigenvalue weighted by Gasteiger charge is 2.40. The minimum absolute atomic E-state index is 0.0607. The Hall–Kier alpha value is -1.08. The zero-order chi connectivity index (χ0) is 15.2. The van der Waals surface area contributed by atoms with Crippen molar-refractivity contribution < 1.29 is 13.2 Å². The molecule has 1 amide bonds. The van der Waals surface area contributed by atoms with E-state index in [1.165, 1.54) is 0 Å². The van der Waals surface area contributed by atoms with Crippen LogP contribution in [0.15, 0.2) is 4.90 Å². The Morgan fingerprint density at radius 2 is 2.05 bits per heavy atom. The highest BCUT2D eigenvalue weighted by atomic mass is 35.7. The molecule has 2 aliphatic carbocycles. The van der Waals surface area contributed by atoms with Crippen molar-refractivity contribution in [2.24, 2.45) is 5.92 Å². The summed E-state index contributed by atoms with van der Waals surface area (Å²) in [4.78, 5) is 14.3. The number of carbonyl (C=O) groups excluding carboxylic acids is 1. The molecule has 0 aromatic carbocycles. The van der Waals surface area contributed by atoms with Gasteiger partial charge in [-0.1, -0.05) is 6.92 Å². The SMILES string of the molecule is CCc1[nH]nc(C(=O)N(CC2CC2)C2CC2)c1S(=O)(=O)Cl. The van der Waals surface area contributed by atoms with Crippen LogP contribution in [0.2, 0.25) is 0 Å². The molecule has 2 fully saturated rings. The first-order valence-corrected chi connectivity index (χ1v) is 9.55. The molecule has 2 aliphatic rings. The Balaban J connectivity index is 1.94. The van der Waals surface area contributed by atoms with Gasteiger partial charge in [0.2, 0.25) is 0 Å². The van der Waals surface area contributed by atoms with Crippen LogP contribution >= 0.6 is 10.7 Å². The highest BCUT2D eigenvalue weighted by molar-refractivity contribution is 8.13. The van der Waals surface area contributed by atoms with Gasteiger partial charge in [0.25, 0.3) is 15.0 Å². The number of nitrogens with one attached hydrogen (secondary N) is 1. The third-order valence-corrected chi connectivity index (χ3v) is 5.38. The predicted molar refractivity (Wildman–Crippen MR) is 77.8 cm³/mol. The van der Waals surface area contributed by atoms with E-state index in [1.807, 2.05) is 0 Å². The van der Waals surface area contributed by atoms with Crippen molar-refractivity contribution in [1.82, 2.24) is 15.1 Å². The molecule has 0 saturated heterocycles. The number of hydrogen-bond donors (Lipinski definition) is 1. The first kappa shape index (κ1) is 14.8. The fourth-order valence-electron chi connectivity index (χ4n) is 2.51. The maximum Gasteiger partial charge on any atom is 0.276 e. The number of nitrogens with zero attached hydrogens (tertiary/aromatic N) is 2. The minimum Gasteiger partial charge on any atom is -0.334 e. The number of H-pyrrole nitrogens is 1. The number of halogens is 1. The number of rotatable bonds is 6. The van der Waals surface area contributed by atoms with Gasteiger partial charge in [-0.2, -0.15) is 5.10 Å². The van der Waals surface area contributed by atoms with Crippen molar-refractivity contribution in [2.45, 2.75) is 50.0 Å². The van der Waals surface area contributed by atoms with Gasteiger partial charge >= 0.3 is 0 Å². The average molecular weight is 332 g/mol. The predicted octanol–water partition coefficient (Wildman–Crippen LogP) is 1.91. The molecule has 21 heavy (non-hydrogen) atoms. The molecular weight excluding hydrogens is 314 g/mol. The third kappa shape index (κ3) is 3.08. The maximum absolute atomic E-state index is 12.7. The molecule has 8 heteroatoms. The molecule has 6 nitrogen and oxygen atoms in total. The monoisotopic (exact) mass is 331 g/mol. The van der Waals surface area contributed by atoms with Gasteiger partial charge in [0.05, 0.1) is 5.69 Å². The molecule has 0 atom stereocenters. The summed E-state index contributed by atoms with van der Waals surface area (Å²) in [5, 5.41) is 6.57. The van der Waals surface area contributed by atoms with Crippen LogP contribution in [0.5, 0.6) is 0 Å². The van der Waals surface area contributed by atoms with Crippen LogP contribution in [-0.4, -0.2) is 42.0 Å². The van der Waals surface area contributed by atoms with Crippen LogP contribution in [0.1, 0.15) is 48.8 Å². The number of aromatic amines is 1. The average Bonchev–Trinajstić information content (AvgIpc) is 3.31. The topological polar surface area (TPSA) is 83.1 Å². The van der Waals surface area contributed by atoms with E-state index in [-0.39, 0.29) is 22.5 Å². The van der Waals surface area contributed by atoms with Crippen molar-refractivity contribution in [3.63, 3.8) is 0 Å². The van der Waals surface area contributed by atoms with Gasteiger partial charge in [0, 0.05) is 23.3 Å². The second-order valence-corrected chi connectivity index (χ2v) is 8.31. The Kier molecular flexibility index (Phi) is 3.73. The van der Waals surface area contributed by atoms with Crippen molar-refractivity contribution in [2.75, 3.05) is 6.54 Å². The minimum atomic E-state index is -4.00. The Morgan fingerprint density at radius 1 is 1.38 bits per heavy atom. The Morgan fingerprint density at radius 3 is 2.52 bits per heavy atom. The highest BCUT2D eigenvalue weighted by Crippen LogP contribution is 2.36. The summed E-state index contributed by atoms with van der Waals surface area (Å²) in [6, 6.07) is 0.228. The summed E-state index contributed by atoms with van der Waals surface area (Å²) in [6.07, 6.45) is 4.66. The first-order valence-electron chi connectivity index (χ1n) is 7.24. The largest absolute Gasteiger partial charge is 0.334 e. The van der Waals surface area contributed by atoms with Crippen LogP contribution in [0.25, 0.3) is 0 Å². The third-order valence-electron chi connectivity index (χ3n) is 3.99. The molecule has 1 heterocycles. The van der Waals surface area contributed by atoms with E-state index < -0.39 is 9.05 Å². The molecule has 1 aromatic heterocycles. The van der Waals surface area contributed by atoms with Crippen LogP contribution in [0.3, 0.4) is 0 Å². The van der Waals surface area contributed by atoms with Gasteiger partial charge in [0.1, 0.15) is 4.90 Å². The molecule has 2 saturated carbocycles. The van der Waals surface area contributed by atoms with Crippen molar-refractivity contribution in [3.05, 3.63) is 11.4 Å². The molecule has 1 aromatic rings. The van der Waals surface area contributed by atoms with Gasteiger partial charge in [0.15, 0.2) is 5.69 Å². The lowest BCUT2D eigenvalue weighted by Gasteiger charge is -2.21. The molecular formula is C13H18ClN3O3S. The molecule has 0 aliphatic heterocycles. The second-order valence-electron chi connectivity index (χ2n) is 5.80. The summed E-state index contributed by atoms with van der Waals surface area (Å²) in [7, 11) is 1.49. The van der Waals surface area contributed by atoms with Crippen molar-refractivity contribution in [1.29, 1.82) is 0 Å². The Labute approximate surface area is 128 Å². The fourth-order valence-corrected chi connectivity index (χ4v) is 3.86. The number of carbonyl (C=O) groups is 1. The summed E-state index contributed by atoms with van der Waals surface area (Å²) >= 11 is 0. The number of amides is 1. The van der Waals surface area contributed by atoms with Crippen LogP contribution in [0, 0.1) is 5.92 Å². The fraction of sp³-hybridized carbons (Fsp3) is 0.692. The van der Waals surface area contributed by atoms with E-state index in [1.54, 1.807) is 11.8 Å². The molecule has 0 bridgehead atoms. The first-order chi connectivity index (χ1) is 9.91. The summed E-state index contributed by atoms with van der Waals surface area (Å²) in [5.41, 5.74) is 0.324. The van der Waals surface area contributed by atoms with E-state index in [0.29, 0.717) is 24.6 Å². The van der Waals surface area contributed by atoms with E-state index in [9.17, 15) is 13.2 Å². The zero-order valence-electron chi connectivity index (χ0n) is 11.8. The van der Waals surface area contributed by atoms with E-state index in [4.69, 9.17) is 10.7 Å². The van der Waals surface area contributed by atoms with E-state index >= 15 is 0 Å². The lowest BCUT2D eigenvalue weighted by atomic mass is 10.2. The Bertz CT molecular complexity index is 662. The number of hydrogen-bond acceptors (Lipinski definition) is 4. The molecule has 3 rings (SSSR count). The molecule has 0 unspecified atom stereocenters. The summed E-state index contributed by atoms with van der Waals surface area (Å²) < 4.78 is 23.6. The van der Waals surface area contributed by atoms with Crippen LogP contribution in [0.4, 0.5) is 0 Å². The summed E-state index contributed by atoms with van der Waals surface area (Å²) in [6.45, 7) is 2.48. The molecule has 116 valence electrons. The quantitative estimate of drug-likeness (QED) is 0.807. The number of aromatic nitrogens is 2. The normalized spacial score (nSPS) is 18.8. The molecule has 0 radical (unpaired) electrons. The number of aryl methyl sites for hydroxylation is 1. The molecule has 1 N–H and O–H groups in total. The maximum atomic E-state index is 12.7. The lowest BCUT2D eigenvalue weighted by Crippen LogP contribution is -2.35. The van der Waals surface area contributed by atoms with E-state index in [0.717, 1.165) is 25.7 Å².